The van der Waals surface area contributed by atoms with E-state index >= 15 is 0 Å². The fraction of sp³-hybridized carbons (Fsp3) is 0.606. The topological polar surface area (TPSA) is 51.6 Å². The van der Waals surface area contributed by atoms with E-state index in [0.717, 1.165) is 60.2 Å². The number of nitrogens with zero attached hydrogens (tertiary/aromatic N) is 1. The van der Waals surface area contributed by atoms with Crippen LogP contribution in [-0.2, 0) is 15.6 Å². The Labute approximate surface area is 259 Å². The molecule has 1 unspecified atom stereocenters. The molecule has 11 heteroatoms. The van der Waals surface area contributed by atoms with Gasteiger partial charge in [0, 0.05) is 22.5 Å². The summed E-state index contributed by atoms with van der Waals surface area (Å²) in [5, 5.41) is 11.9. The number of pyridine rings is 1. The van der Waals surface area contributed by atoms with Crippen LogP contribution in [0.5, 0.6) is 0 Å². The van der Waals surface area contributed by atoms with Gasteiger partial charge in [0.2, 0.25) is 0 Å². The van der Waals surface area contributed by atoms with Crippen LogP contribution in [-0.4, -0.2) is 31.6 Å². The lowest BCUT2D eigenvalue weighted by molar-refractivity contribution is 0.0296. The summed E-state index contributed by atoms with van der Waals surface area (Å²) in [4.78, 5) is 3.26. The van der Waals surface area contributed by atoms with Crippen molar-refractivity contribution in [2.24, 2.45) is 5.41 Å². The summed E-state index contributed by atoms with van der Waals surface area (Å²) in [6.07, 6.45) is 6.00. The van der Waals surface area contributed by atoms with E-state index in [1.54, 1.807) is 0 Å². The third-order valence-electron chi connectivity index (χ3n) is 10.3. The van der Waals surface area contributed by atoms with Gasteiger partial charge in [0.15, 0.2) is 8.32 Å². The van der Waals surface area contributed by atoms with E-state index in [1.807, 2.05) is 19.9 Å². The number of aliphatic hydroxyl groups excluding tert-OH is 1. The number of aromatic nitrogens is 1. The Balaban J connectivity index is 1.75. The van der Waals surface area contributed by atoms with E-state index in [1.165, 1.54) is 6.42 Å². The van der Waals surface area contributed by atoms with Gasteiger partial charge in [0.05, 0.1) is 19.3 Å². The number of rotatable bonds is 7. The van der Waals surface area contributed by atoms with Gasteiger partial charge in [0.25, 0.3) is 0 Å². The lowest BCUT2D eigenvalue weighted by Gasteiger charge is -2.51. The van der Waals surface area contributed by atoms with Crippen LogP contribution in [0.2, 0.25) is 18.1 Å². The first-order chi connectivity index (χ1) is 20.0. The Morgan fingerprint density at radius 2 is 1.70 bits per heavy atom. The fourth-order valence-corrected chi connectivity index (χ4v) is 8.59. The second kappa shape index (κ2) is 10.4. The van der Waals surface area contributed by atoms with E-state index < -0.39 is 29.5 Å². The predicted octanol–water partition coefficient (Wildman–Crippen LogP) is 10.9. The molecule has 4 nitrogen and oxygen atoms in total. The van der Waals surface area contributed by atoms with E-state index in [4.69, 9.17) is 14.1 Å². The summed E-state index contributed by atoms with van der Waals surface area (Å²) in [6.45, 7) is 15.9. The van der Waals surface area contributed by atoms with Gasteiger partial charge >= 0.3 is 10.2 Å². The molecule has 2 atom stereocenters. The largest absolute Gasteiger partial charge is 0.410 e. The van der Waals surface area contributed by atoms with Gasteiger partial charge < -0.3 is 14.3 Å². The van der Waals surface area contributed by atoms with Crippen molar-refractivity contribution in [3.05, 3.63) is 64.0 Å². The number of benzene rings is 1. The predicted molar refractivity (Wildman–Crippen MR) is 169 cm³/mol. The number of hydrogen-bond acceptors (Lipinski definition) is 4. The summed E-state index contributed by atoms with van der Waals surface area (Å²) in [6, 6.07) is 2.66. The molecule has 5 rings (SSSR count). The molecule has 1 aromatic carbocycles. The quantitative estimate of drug-likeness (QED) is 0.237. The normalized spacial score (nSPS) is 23.0. The molecule has 1 N–H and O–H groups in total. The summed E-state index contributed by atoms with van der Waals surface area (Å²) < 4.78 is 80.5. The third-order valence-corrected chi connectivity index (χ3v) is 15.9. The van der Waals surface area contributed by atoms with Crippen molar-refractivity contribution in [3.63, 3.8) is 0 Å². The van der Waals surface area contributed by atoms with E-state index in [-0.39, 0.29) is 28.0 Å². The number of halogens is 5. The first kappa shape index (κ1) is 33.6. The maximum absolute atomic E-state index is 13.5. The molecule has 246 valence electrons. The van der Waals surface area contributed by atoms with Gasteiger partial charge in [-0.15, -0.1) is 0 Å². The van der Waals surface area contributed by atoms with Crippen molar-refractivity contribution in [2.45, 2.75) is 114 Å². The van der Waals surface area contributed by atoms with Crippen LogP contribution in [0.3, 0.4) is 0 Å². The Morgan fingerprint density at radius 3 is 2.18 bits per heavy atom. The Hall–Kier alpha value is -1.79. The second-order valence-electron chi connectivity index (χ2n) is 14.9. The maximum Gasteiger partial charge on any atom is 0.310 e. The molecule has 1 aromatic heterocycles. The minimum atomic E-state index is -9.87. The molecule has 3 aliphatic rings. The molecular formula is C33H46F5NO3SSi. The van der Waals surface area contributed by atoms with Gasteiger partial charge in [-0.2, -0.15) is 0 Å². The van der Waals surface area contributed by atoms with Crippen molar-refractivity contribution in [1.82, 2.24) is 4.98 Å². The van der Waals surface area contributed by atoms with Crippen molar-refractivity contribution in [3.8, 4) is 0 Å². The fourth-order valence-electron chi connectivity index (χ4n) is 6.67. The summed E-state index contributed by atoms with van der Waals surface area (Å²) in [5.41, 5.74) is 5.15. The molecule has 2 heterocycles. The zero-order valence-electron chi connectivity index (χ0n) is 26.8. The van der Waals surface area contributed by atoms with Crippen molar-refractivity contribution < 1.29 is 33.7 Å². The highest BCUT2D eigenvalue weighted by Gasteiger charge is 2.65. The van der Waals surface area contributed by atoms with Crippen LogP contribution >= 0.6 is 10.2 Å². The SMILES string of the molecule is CC(C)c1nc2c(c(C3=CCOCC3)c1[C@H](O)c1ccc(S(F)(F)(F)(F)F)cc1)C(O[Si](C)(C)C(C)(C)C)CC1(CCC1)C2. The molecule has 0 bridgehead atoms. The van der Waals surface area contributed by atoms with Gasteiger partial charge in [-0.1, -0.05) is 78.7 Å². The monoisotopic (exact) mass is 659 g/mol. The highest BCUT2D eigenvalue weighted by Crippen LogP contribution is 3.02. The average Bonchev–Trinajstić information content (AvgIpc) is 2.89. The van der Waals surface area contributed by atoms with E-state index in [2.05, 4.69) is 33.9 Å². The van der Waals surface area contributed by atoms with Crippen LogP contribution in [0.4, 0.5) is 19.4 Å². The molecule has 0 amide bonds. The van der Waals surface area contributed by atoms with Crippen LogP contribution in [0.1, 0.15) is 118 Å². The number of fused-ring (bicyclic) bond motifs is 1. The van der Waals surface area contributed by atoms with Crippen LogP contribution < -0.4 is 0 Å². The number of hydrogen-bond donors (Lipinski definition) is 1. The molecule has 44 heavy (non-hydrogen) atoms. The molecule has 1 aliphatic heterocycles. The van der Waals surface area contributed by atoms with E-state index in [0.29, 0.717) is 43.0 Å². The summed E-state index contributed by atoms with van der Waals surface area (Å²) >= 11 is 0. The van der Waals surface area contributed by atoms with Crippen molar-refractivity contribution in [1.29, 1.82) is 0 Å². The third kappa shape index (κ3) is 6.41. The van der Waals surface area contributed by atoms with E-state index in [9.17, 15) is 24.5 Å². The Bertz CT molecular complexity index is 1460. The Morgan fingerprint density at radius 1 is 1.07 bits per heavy atom. The summed E-state index contributed by atoms with van der Waals surface area (Å²) in [7, 11) is -12.1. The first-order valence-electron chi connectivity index (χ1n) is 15.6. The zero-order chi connectivity index (χ0) is 32.6. The average molecular weight is 660 g/mol. The minimum Gasteiger partial charge on any atom is -0.410 e. The molecule has 0 saturated heterocycles. The highest BCUT2D eigenvalue weighted by atomic mass is 32.5. The molecule has 2 aromatic rings. The number of aliphatic hydroxyl groups is 1. The Kier molecular flexibility index (Phi) is 7.90. The standard InChI is InChI=1S/C33H46F5NO3SSi/c1-21(2)30-29(31(40)23-9-11-24(12-10-23)43(34,35,36,37)38)27(22-13-17-41-18-14-22)28-25(39-30)19-33(15-8-16-33)20-26(28)42-44(6,7)32(3,4)5/h9-13,21,26,31,40H,8,14-20H2,1-7H3/t26?,31-/m1/s1. The van der Waals surface area contributed by atoms with Crippen LogP contribution in [0, 0.1) is 5.41 Å². The van der Waals surface area contributed by atoms with Crippen LogP contribution in [0.15, 0.2) is 35.2 Å². The molecular weight excluding hydrogens is 614 g/mol. The molecule has 2 aliphatic carbocycles. The molecule has 1 spiro atoms. The van der Waals surface area contributed by atoms with Gasteiger partial charge in [-0.3, -0.25) is 4.98 Å². The first-order valence-corrected chi connectivity index (χ1v) is 20.4. The van der Waals surface area contributed by atoms with Gasteiger partial charge in [-0.25, -0.2) is 0 Å². The zero-order valence-corrected chi connectivity index (χ0v) is 28.6. The second-order valence-corrected chi connectivity index (χ2v) is 22.1. The lowest BCUT2D eigenvalue weighted by Crippen LogP contribution is -2.46. The molecule has 1 fully saturated rings. The smallest absolute Gasteiger partial charge is 0.310 e. The molecule has 1 saturated carbocycles. The van der Waals surface area contributed by atoms with Crippen molar-refractivity contribution >= 4 is 24.1 Å². The van der Waals surface area contributed by atoms with Crippen LogP contribution in [0.25, 0.3) is 5.57 Å². The van der Waals surface area contributed by atoms with Gasteiger partial charge in [0.1, 0.15) is 11.0 Å². The number of ether oxygens (including phenoxy) is 1. The molecule has 0 radical (unpaired) electrons. The van der Waals surface area contributed by atoms with Gasteiger partial charge in [-0.05, 0) is 90.4 Å². The van der Waals surface area contributed by atoms with Crippen molar-refractivity contribution in [2.75, 3.05) is 13.2 Å². The summed E-state index contributed by atoms with van der Waals surface area (Å²) in [5.74, 6) is -0.118. The lowest BCUT2D eigenvalue weighted by atomic mass is 9.59. The minimum absolute atomic E-state index is 0.0479. The maximum atomic E-state index is 13.5. The highest BCUT2D eigenvalue weighted by molar-refractivity contribution is 8.45.